The van der Waals surface area contributed by atoms with Gasteiger partial charge in [-0.05, 0) is 53.4 Å². The van der Waals surface area contributed by atoms with Gasteiger partial charge in [-0.25, -0.2) is 0 Å². The molecule has 3 nitrogen and oxygen atoms in total. The molecule has 0 unspecified atom stereocenters. The third kappa shape index (κ3) is 4.65. The number of benzene rings is 1. The Labute approximate surface area is 154 Å². The van der Waals surface area contributed by atoms with E-state index in [4.69, 9.17) is 4.18 Å². The third-order valence-electron chi connectivity index (χ3n) is 5.14. The molecule has 0 bridgehead atoms. The lowest BCUT2D eigenvalue weighted by molar-refractivity contribution is 0.162. The van der Waals surface area contributed by atoms with E-state index in [1.54, 1.807) is 6.07 Å². The molecule has 0 N–H and O–H groups in total. The molecule has 2 rings (SSSR count). The molecular weight excluding hydrogens is 332 g/mol. The van der Waals surface area contributed by atoms with Gasteiger partial charge >= 0.3 is 0 Å². The molecule has 0 saturated heterocycles. The van der Waals surface area contributed by atoms with Crippen molar-refractivity contribution in [3.8, 4) is 0 Å². The van der Waals surface area contributed by atoms with E-state index in [1.165, 1.54) is 17.5 Å². The van der Waals surface area contributed by atoms with Crippen LogP contribution < -0.4 is 0 Å². The second-order valence-corrected chi connectivity index (χ2v) is 9.80. The minimum atomic E-state index is -3.73. The van der Waals surface area contributed by atoms with E-state index in [2.05, 4.69) is 41.5 Å². The summed E-state index contributed by atoms with van der Waals surface area (Å²) < 4.78 is 31.8. The summed E-state index contributed by atoms with van der Waals surface area (Å²) in [4.78, 5) is 0.376. The highest BCUT2D eigenvalue weighted by molar-refractivity contribution is 7.86. The van der Waals surface area contributed by atoms with Crippen molar-refractivity contribution in [1.29, 1.82) is 0 Å². The van der Waals surface area contributed by atoms with Gasteiger partial charge in [-0.3, -0.25) is 4.18 Å². The van der Waals surface area contributed by atoms with Gasteiger partial charge in [0.15, 0.2) is 0 Å². The van der Waals surface area contributed by atoms with E-state index in [9.17, 15) is 8.42 Å². The van der Waals surface area contributed by atoms with Crippen LogP contribution in [0.5, 0.6) is 0 Å². The summed E-state index contributed by atoms with van der Waals surface area (Å²) >= 11 is 0. The first kappa shape index (κ1) is 20.4. The largest absolute Gasteiger partial charge is 0.297 e. The van der Waals surface area contributed by atoms with Crippen molar-refractivity contribution in [2.24, 2.45) is 0 Å². The van der Waals surface area contributed by atoms with Crippen LogP contribution in [0.2, 0.25) is 0 Å². The maximum Gasteiger partial charge on any atom is 0.297 e. The van der Waals surface area contributed by atoms with Crippen LogP contribution in [0.15, 0.2) is 17.0 Å². The zero-order chi connectivity index (χ0) is 18.8. The minimum absolute atomic E-state index is 0.135. The Morgan fingerprint density at radius 1 is 0.840 bits per heavy atom. The summed E-state index contributed by atoms with van der Waals surface area (Å²) in [7, 11) is -3.73. The Kier molecular flexibility index (Phi) is 6.72. The fraction of sp³-hybridized carbons (Fsp3) is 0.714. The molecule has 0 atom stereocenters. The monoisotopic (exact) mass is 366 g/mol. The normalized spacial score (nSPS) is 17.0. The second kappa shape index (κ2) is 8.22. The van der Waals surface area contributed by atoms with Gasteiger partial charge in [0.2, 0.25) is 0 Å². The van der Waals surface area contributed by atoms with Crippen molar-refractivity contribution in [3.05, 3.63) is 28.8 Å². The maximum absolute atomic E-state index is 13.1. The number of rotatable bonds is 6. The van der Waals surface area contributed by atoms with E-state index in [0.717, 1.165) is 31.2 Å². The Bertz CT molecular complexity index is 681. The summed E-state index contributed by atoms with van der Waals surface area (Å²) in [5.41, 5.74) is 3.37. The van der Waals surface area contributed by atoms with E-state index in [-0.39, 0.29) is 17.9 Å². The average molecular weight is 367 g/mol. The van der Waals surface area contributed by atoms with Gasteiger partial charge in [0.1, 0.15) is 0 Å². The Morgan fingerprint density at radius 2 is 1.40 bits per heavy atom. The smallest absolute Gasteiger partial charge is 0.263 e. The molecule has 142 valence electrons. The fourth-order valence-corrected chi connectivity index (χ4v) is 5.49. The lowest BCUT2D eigenvalue weighted by atomic mass is 9.83. The Balaban J connectivity index is 2.54. The number of hydrogen-bond donors (Lipinski definition) is 0. The van der Waals surface area contributed by atoms with Crippen molar-refractivity contribution < 1.29 is 12.6 Å². The summed E-state index contributed by atoms with van der Waals surface area (Å²) in [6.07, 6.45) is 4.82. The Hall–Kier alpha value is -0.870. The topological polar surface area (TPSA) is 43.4 Å². The van der Waals surface area contributed by atoms with Gasteiger partial charge in [-0.15, -0.1) is 0 Å². The molecule has 1 aliphatic rings. The highest BCUT2D eigenvalue weighted by Crippen LogP contribution is 2.38. The molecular formula is C21H34O3S. The minimum Gasteiger partial charge on any atom is -0.263 e. The van der Waals surface area contributed by atoms with Crippen LogP contribution >= 0.6 is 0 Å². The Morgan fingerprint density at radius 3 is 1.88 bits per heavy atom. The standard InChI is InChI=1S/C21H34O3S/c1-14(2)18-12-13-19(21(16(5)6)20(18)15(3)4)25(22,23)24-17-10-8-7-9-11-17/h12-17H,7-11H2,1-6H3. The van der Waals surface area contributed by atoms with Crippen LogP contribution in [0.4, 0.5) is 0 Å². The SMILES string of the molecule is CC(C)c1ccc(S(=O)(=O)OC2CCCCC2)c(C(C)C)c1C(C)C. The van der Waals surface area contributed by atoms with Crippen LogP contribution in [0.3, 0.4) is 0 Å². The summed E-state index contributed by atoms with van der Waals surface area (Å²) in [5, 5.41) is 0. The van der Waals surface area contributed by atoms with E-state index >= 15 is 0 Å². The molecule has 0 heterocycles. The van der Waals surface area contributed by atoms with E-state index in [0.29, 0.717) is 10.8 Å². The average Bonchev–Trinajstić information content (AvgIpc) is 2.53. The van der Waals surface area contributed by atoms with Gasteiger partial charge in [0.05, 0.1) is 11.0 Å². The zero-order valence-electron chi connectivity index (χ0n) is 16.6. The lowest BCUT2D eigenvalue weighted by Crippen LogP contribution is -2.23. The van der Waals surface area contributed by atoms with Crippen LogP contribution in [0, 0.1) is 0 Å². The van der Waals surface area contributed by atoms with Crippen LogP contribution in [-0.2, 0) is 14.3 Å². The van der Waals surface area contributed by atoms with Crippen LogP contribution in [-0.4, -0.2) is 14.5 Å². The zero-order valence-corrected chi connectivity index (χ0v) is 17.4. The van der Waals surface area contributed by atoms with Gasteiger partial charge < -0.3 is 0 Å². The molecule has 0 radical (unpaired) electrons. The lowest BCUT2D eigenvalue weighted by Gasteiger charge is -2.27. The van der Waals surface area contributed by atoms with Gasteiger partial charge in [0.25, 0.3) is 10.1 Å². The summed E-state index contributed by atoms with van der Waals surface area (Å²) in [5.74, 6) is 0.779. The van der Waals surface area contributed by atoms with Gasteiger partial charge in [0, 0.05) is 0 Å². The number of hydrogen-bond acceptors (Lipinski definition) is 3. The van der Waals surface area contributed by atoms with Crippen LogP contribution in [0.1, 0.15) is 108 Å². The molecule has 1 aromatic rings. The predicted octanol–water partition coefficient (Wildman–Crippen LogP) is 6.09. The van der Waals surface area contributed by atoms with E-state index < -0.39 is 10.1 Å². The van der Waals surface area contributed by atoms with Crippen molar-refractivity contribution >= 4 is 10.1 Å². The molecule has 0 amide bonds. The molecule has 0 spiro atoms. The second-order valence-electron chi connectivity index (χ2n) is 8.25. The molecule has 1 fully saturated rings. The van der Waals surface area contributed by atoms with Crippen molar-refractivity contribution in [2.75, 3.05) is 0 Å². The van der Waals surface area contributed by atoms with Crippen molar-refractivity contribution in [2.45, 2.75) is 102 Å². The molecule has 0 aliphatic heterocycles. The molecule has 1 aliphatic carbocycles. The van der Waals surface area contributed by atoms with E-state index in [1.807, 2.05) is 6.07 Å². The highest BCUT2D eigenvalue weighted by atomic mass is 32.2. The summed E-state index contributed by atoms with van der Waals surface area (Å²) in [6.45, 7) is 12.8. The van der Waals surface area contributed by atoms with Crippen LogP contribution in [0.25, 0.3) is 0 Å². The van der Waals surface area contributed by atoms with Gasteiger partial charge in [-0.1, -0.05) is 66.9 Å². The molecule has 1 aromatic carbocycles. The fourth-order valence-electron chi connectivity index (χ4n) is 3.99. The quantitative estimate of drug-likeness (QED) is 0.572. The summed E-state index contributed by atoms with van der Waals surface area (Å²) in [6, 6.07) is 3.76. The molecule has 1 saturated carbocycles. The molecule has 4 heteroatoms. The molecule has 25 heavy (non-hydrogen) atoms. The van der Waals surface area contributed by atoms with Crippen molar-refractivity contribution in [1.82, 2.24) is 0 Å². The van der Waals surface area contributed by atoms with Crippen molar-refractivity contribution in [3.63, 3.8) is 0 Å². The molecule has 0 aromatic heterocycles. The highest BCUT2D eigenvalue weighted by Gasteiger charge is 2.30. The first-order chi connectivity index (χ1) is 11.6. The third-order valence-corrected chi connectivity index (χ3v) is 6.56. The maximum atomic E-state index is 13.1. The first-order valence-electron chi connectivity index (χ1n) is 9.75. The van der Waals surface area contributed by atoms with Gasteiger partial charge in [-0.2, -0.15) is 8.42 Å². The first-order valence-corrected chi connectivity index (χ1v) is 11.2. The predicted molar refractivity (Wildman–Crippen MR) is 104 cm³/mol.